The van der Waals surface area contributed by atoms with Crippen LogP contribution in [0.3, 0.4) is 0 Å². The molecular weight excluding hydrogens is 399 g/mol. The van der Waals surface area contributed by atoms with Crippen molar-refractivity contribution in [2.45, 2.75) is 56.5 Å². The summed E-state index contributed by atoms with van der Waals surface area (Å²) in [5.74, 6) is -0.250. The lowest BCUT2D eigenvalue weighted by molar-refractivity contribution is -0.286. The Bertz CT molecular complexity index is 1050. The number of nitrogens with one attached hydrogen (secondary N) is 1. The average molecular weight is 419 g/mol. The van der Waals surface area contributed by atoms with Gasteiger partial charge in [0.25, 0.3) is 0 Å². The molecule has 158 valence electrons. The van der Waals surface area contributed by atoms with Crippen LogP contribution in [0.15, 0.2) is 36.4 Å². The number of ether oxygens (including phenoxy) is 3. The van der Waals surface area contributed by atoms with Gasteiger partial charge in [0.2, 0.25) is 5.91 Å². The average Bonchev–Trinajstić information content (AvgIpc) is 3.39. The van der Waals surface area contributed by atoms with E-state index < -0.39 is 29.2 Å². The van der Waals surface area contributed by atoms with Crippen molar-refractivity contribution in [3.8, 4) is 17.2 Å². The Hall–Kier alpha value is -2.90. The highest BCUT2D eigenvalue weighted by Crippen LogP contribution is 2.52. The molecule has 0 spiro atoms. The van der Waals surface area contributed by atoms with Crippen LogP contribution >= 0.6 is 0 Å². The number of hydrogen-bond donors (Lipinski definition) is 1. The van der Waals surface area contributed by atoms with Crippen LogP contribution in [0.2, 0.25) is 0 Å². The molecule has 5 nitrogen and oxygen atoms in total. The van der Waals surface area contributed by atoms with E-state index in [1.165, 1.54) is 24.3 Å². The van der Waals surface area contributed by atoms with Gasteiger partial charge in [0.05, 0.1) is 11.5 Å². The second-order valence-electron chi connectivity index (χ2n) is 8.69. The predicted octanol–water partition coefficient (Wildman–Crippen LogP) is 4.60. The zero-order chi connectivity index (χ0) is 21.3. The number of amides is 1. The van der Waals surface area contributed by atoms with Crippen molar-refractivity contribution in [1.82, 2.24) is 5.32 Å². The molecule has 2 aromatic carbocycles. The minimum absolute atomic E-state index is 0.0597. The smallest absolute Gasteiger partial charge is 0.487 e. The van der Waals surface area contributed by atoms with Crippen molar-refractivity contribution >= 4 is 5.91 Å². The number of benzene rings is 2. The molecular formula is C22H20F3NO4. The summed E-state index contributed by atoms with van der Waals surface area (Å²) in [7, 11) is 0. The number of hydrogen-bond acceptors (Lipinski definition) is 4. The van der Waals surface area contributed by atoms with E-state index in [-0.39, 0.29) is 17.4 Å². The van der Waals surface area contributed by atoms with Crippen LogP contribution in [0.1, 0.15) is 50.3 Å². The Labute approximate surface area is 171 Å². The lowest BCUT2D eigenvalue weighted by Gasteiger charge is -2.38. The lowest BCUT2D eigenvalue weighted by Crippen LogP contribution is -2.44. The fraction of sp³-hybridized carbons (Fsp3) is 0.409. The summed E-state index contributed by atoms with van der Waals surface area (Å²) in [5, 5.41) is 3.04. The molecule has 3 aliphatic rings. The predicted molar refractivity (Wildman–Crippen MR) is 100 cm³/mol. The van der Waals surface area contributed by atoms with Gasteiger partial charge in [-0.2, -0.15) is 0 Å². The minimum Gasteiger partial charge on any atom is -0.487 e. The second-order valence-corrected chi connectivity index (χ2v) is 8.69. The molecule has 1 atom stereocenters. The number of carbonyl (C=O) groups excluding carboxylic acids is 1. The first-order chi connectivity index (χ1) is 14.1. The van der Waals surface area contributed by atoms with Crippen molar-refractivity contribution in [2.24, 2.45) is 0 Å². The van der Waals surface area contributed by atoms with E-state index in [9.17, 15) is 18.0 Å². The van der Waals surface area contributed by atoms with Gasteiger partial charge >= 0.3 is 6.29 Å². The van der Waals surface area contributed by atoms with Gasteiger partial charge < -0.3 is 19.5 Å². The molecule has 1 saturated carbocycles. The molecule has 30 heavy (non-hydrogen) atoms. The van der Waals surface area contributed by atoms with E-state index in [4.69, 9.17) is 4.74 Å². The van der Waals surface area contributed by atoms with E-state index >= 15 is 0 Å². The maximum absolute atomic E-state index is 13.8. The van der Waals surface area contributed by atoms with Crippen LogP contribution in [0, 0.1) is 5.82 Å². The van der Waals surface area contributed by atoms with Gasteiger partial charge in [-0.25, -0.2) is 4.39 Å². The van der Waals surface area contributed by atoms with Crippen molar-refractivity contribution in [3.05, 3.63) is 53.3 Å². The van der Waals surface area contributed by atoms with E-state index in [1.54, 1.807) is 12.1 Å². The van der Waals surface area contributed by atoms with E-state index in [0.29, 0.717) is 36.1 Å². The molecule has 0 saturated heterocycles. The molecule has 0 radical (unpaired) electrons. The van der Waals surface area contributed by atoms with Crippen molar-refractivity contribution in [2.75, 3.05) is 0 Å². The summed E-state index contributed by atoms with van der Waals surface area (Å²) in [5.41, 5.74) is -0.189. The third-order valence-electron chi connectivity index (χ3n) is 5.87. The van der Waals surface area contributed by atoms with Crippen LogP contribution in [-0.2, 0) is 10.2 Å². The molecule has 2 aliphatic heterocycles. The number of alkyl halides is 2. The molecule has 2 aromatic rings. The maximum atomic E-state index is 13.8. The van der Waals surface area contributed by atoms with Crippen LogP contribution in [-0.4, -0.2) is 17.8 Å². The maximum Gasteiger partial charge on any atom is 0.586 e. The fourth-order valence-electron chi connectivity index (χ4n) is 4.27. The summed E-state index contributed by atoms with van der Waals surface area (Å²) in [4.78, 5) is 13.3. The van der Waals surface area contributed by atoms with Crippen molar-refractivity contribution in [3.63, 3.8) is 0 Å². The van der Waals surface area contributed by atoms with Crippen LogP contribution in [0.25, 0.3) is 0 Å². The van der Waals surface area contributed by atoms with Gasteiger partial charge in [-0.3, -0.25) is 4.79 Å². The number of halogens is 3. The molecule has 5 rings (SSSR count). The largest absolute Gasteiger partial charge is 0.586 e. The fourth-order valence-corrected chi connectivity index (χ4v) is 4.27. The summed E-state index contributed by atoms with van der Waals surface area (Å²) in [6.45, 7) is 3.81. The zero-order valence-electron chi connectivity index (χ0n) is 16.4. The molecule has 1 aliphatic carbocycles. The normalized spacial score (nSPS) is 23.8. The molecule has 1 amide bonds. The van der Waals surface area contributed by atoms with Gasteiger partial charge in [-0.1, -0.05) is 6.07 Å². The van der Waals surface area contributed by atoms with Crippen LogP contribution in [0.5, 0.6) is 17.2 Å². The van der Waals surface area contributed by atoms with Gasteiger partial charge in [0, 0.05) is 12.0 Å². The van der Waals surface area contributed by atoms with Gasteiger partial charge in [-0.15, -0.1) is 8.78 Å². The van der Waals surface area contributed by atoms with Crippen molar-refractivity contribution < 1.29 is 32.2 Å². The Balaban J connectivity index is 1.42. The quantitative estimate of drug-likeness (QED) is 0.790. The first kappa shape index (κ1) is 19.1. The lowest BCUT2D eigenvalue weighted by atomic mass is 9.88. The Morgan fingerprint density at radius 1 is 1.00 bits per heavy atom. The highest BCUT2D eigenvalue weighted by Gasteiger charge is 2.53. The SMILES string of the molecule is CC1(C)C[C@H](NC(=O)C2(c3ccc4c(c3)OC(F)(F)O4)CC2)c2cc(F)ccc2O1. The third kappa shape index (κ3) is 3.14. The first-order valence-corrected chi connectivity index (χ1v) is 9.77. The molecule has 2 heterocycles. The number of carbonyl (C=O) groups is 1. The highest BCUT2D eigenvalue weighted by atomic mass is 19.3. The Kier molecular flexibility index (Phi) is 3.85. The minimum atomic E-state index is -3.71. The topological polar surface area (TPSA) is 56.8 Å². The molecule has 0 bridgehead atoms. The van der Waals surface area contributed by atoms with Gasteiger partial charge in [-0.05, 0) is 62.6 Å². The van der Waals surface area contributed by atoms with Gasteiger partial charge in [0.15, 0.2) is 11.5 Å². The Morgan fingerprint density at radius 3 is 2.43 bits per heavy atom. The molecule has 1 fully saturated rings. The van der Waals surface area contributed by atoms with Crippen LogP contribution < -0.4 is 19.5 Å². The van der Waals surface area contributed by atoms with Gasteiger partial charge in [0.1, 0.15) is 17.2 Å². The zero-order valence-corrected chi connectivity index (χ0v) is 16.4. The number of rotatable bonds is 3. The highest BCUT2D eigenvalue weighted by molar-refractivity contribution is 5.92. The van der Waals surface area contributed by atoms with E-state index in [1.807, 2.05) is 13.8 Å². The molecule has 8 heteroatoms. The van der Waals surface area contributed by atoms with E-state index in [2.05, 4.69) is 14.8 Å². The summed E-state index contributed by atoms with van der Waals surface area (Å²) < 4.78 is 55.4. The molecule has 0 aromatic heterocycles. The number of fused-ring (bicyclic) bond motifs is 2. The standard InChI is InChI=1S/C22H20F3NO4/c1-20(2)11-15(14-10-13(23)4-6-16(14)28-20)26-19(27)21(7-8-21)12-3-5-17-18(9-12)30-22(24,25)29-17/h3-6,9-10,15H,7-8,11H2,1-2H3,(H,26,27)/t15-/m0/s1. The van der Waals surface area contributed by atoms with Crippen LogP contribution in [0.4, 0.5) is 13.2 Å². The van der Waals surface area contributed by atoms with E-state index in [0.717, 1.165) is 0 Å². The summed E-state index contributed by atoms with van der Waals surface area (Å²) in [6.07, 6.45) is -2.07. The summed E-state index contributed by atoms with van der Waals surface area (Å²) >= 11 is 0. The summed E-state index contributed by atoms with van der Waals surface area (Å²) in [6, 6.07) is 8.27. The Morgan fingerprint density at radius 2 is 1.70 bits per heavy atom. The monoisotopic (exact) mass is 419 g/mol. The molecule has 1 N–H and O–H groups in total. The second kappa shape index (κ2) is 6.06. The first-order valence-electron chi connectivity index (χ1n) is 9.77. The molecule has 0 unspecified atom stereocenters. The third-order valence-corrected chi connectivity index (χ3v) is 5.87. The van der Waals surface area contributed by atoms with Crippen molar-refractivity contribution in [1.29, 1.82) is 0 Å².